The first-order valence-electron chi connectivity index (χ1n) is 9.75. The van der Waals surface area contributed by atoms with E-state index in [1.165, 1.54) is 12.3 Å². The lowest BCUT2D eigenvalue weighted by atomic mass is 9.95. The van der Waals surface area contributed by atoms with Gasteiger partial charge < -0.3 is 14.4 Å². The SMILES string of the molecule is CCC(C)c1ccc(-c2cn(CC3CCOCC3)cc(C(=O)O)c2=O)c(F)c1. The van der Waals surface area contributed by atoms with Gasteiger partial charge in [0.2, 0.25) is 5.43 Å². The van der Waals surface area contributed by atoms with Crippen LogP contribution in [0.2, 0.25) is 0 Å². The lowest BCUT2D eigenvalue weighted by Crippen LogP contribution is -2.24. The number of pyridine rings is 1. The fraction of sp³-hybridized carbons (Fsp3) is 0.455. The minimum atomic E-state index is -1.30. The van der Waals surface area contributed by atoms with Crippen molar-refractivity contribution in [1.82, 2.24) is 4.57 Å². The average molecular weight is 387 g/mol. The molecule has 0 aliphatic carbocycles. The molecule has 1 N–H and O–H groups in total. The summed E-state index contributed by atoms with van der Waals surface area (Å²) in [5, 5.41) is 9.46. The van der Waals surface area contributed by atoms with E-state index in [2.05, 4.69) is 0 Å². The Morgan fingerprint density at radius 1 is 1.29 bits per heavy atom. The minimum Gasteiger partial charge on any atom is -0.477 e. The molecule has 6 heteroatoms. The van der Waals surface area contributed by atoms with Crippen LogP contribution < -0.4 is 5.43 Å². The molecule has 3 rings (SSSR count). The molecule has 5 nitrogen and oxygen atoms in total. The Morgan fingerprint density at radius 2 is 2.00 bits per heavy atom. The van der Waals surface area contributed by atoms with Crippen LogP contribution in [0.15, 0.2) is 35.4 Å². The number of ether oxygens (including phenoxy) is 1. The number of carboxylic acid groups (broad SMARTS) is 1. The van der Waals surface area contributed by atoms with Gasteiger partial charge in [-0.1, -0.05) is 26.0 Å². The molecule has 0 saturated carbocycles. The molecule has 0 radical (unpaired) electrons. The zero-order valence-corrected chi connectivity index (χ0v) is 16.3. The molecule has 1 fully saturated rings. The Balaban J connectivity index is 2.04. The maximum Gasteiger partial charge on any atom is 0.341 e. The van der Waals surface area contributed by atoms with Gasteiger partial charge in [0.25, 0.3) is 0 Å². The highest BCUT2D eigenvalue weighted by Crippen LogP contribution is 2.27. The summed E-state index contributed by atoms with van der Waals surface area (Å²) in [6, 6.07) is 4.83. The second-order valence-electron chi connectivity index (χ2n) is 7.52. The Bertz CT molecular complexity index is 915. The van der Waals surface area contributed by atoms with Gasteiger partial charge in [-0.2, -0.15) is 0 Å². The highest BCUT2D eigenvalue weighted by molar-refractivity contribution is 5.88. The van der Waals surface area contributed by atoms with Gasteiger partial charge in [0.15, 0.2) is 0 Å². The van der Waals surface area contributed by atoms with Crippen molar-refractivity contribution < 1.29 is 19.0 Å². The molecule has 1 aromatic carbocycles. The molecule has 1 saturated heterocycles. The van der Waals surface area contributed by atoms with Gasteiger partial charge >= 0.3 is 5.97 Å². The zero-order valence-electron chi connectivity index (χ0n) is 16.3. The number of halogens is 1. The van der Waals surface area contributed by atoms with Gasteiger partial charge in [0.05, 0.1) is 0 Å². The Labute approximate surface area is 163 Å². The fourth-order valence-electron chi connectivity index (χ4n) is 3.60. The van der Waals surface area contributed by atoms with Crippen molar-refractivity contribution in [3.8, 4) is 11.1 Å². The molecule has 2 heterocycles. The topological polar surface area (TPSA) is 68.5 Å². The number of carbonyl (C=O) groups is 1. The molecular formula is C22H26FNO4. The highest BCUT2D eigenvalue weighted by atomic mass is 19.1. The summed E-state index contributed by atoms with van der Waals surface area (Å²) >= 11 is 0. The van der Waals surface area contributed by atoms with Crippen molar-refractivity contribution in [3.05, 3.63) is 57.8 Å². The van der Waals surface area contributed by atoms with Crippen LogP contribution in [0.5, 0.6) is 0 Å². The highest BCUT2D eigenvalue weighted by Gasteiger charge is 2.20. The number of nitrogens with zero attached hydrogens (tertiary/aromatic N) is 1. The van der Waals surface area contributed by atoms with E-state index in [1.807, 2.05) is 19.9 Å². The number of carboxylic acids is 1. The Hall–Kier alpha value is -2.47. The van der Waals surface area contributed by atoms with E-state index in [1.54, 1.807) is 16.8 Å². The van der Waals surface area contributed by atoms with Crippen LogP contribution in [0, 0.1) is 11.7 Å². The molecule has 0 spiro atoms. The monoisotopic (exact) mass is 387 g/mol. The van der Waals surface area contributed by atoms with Crippen LogP contribution in [-0.2, 0) is 11.3 Å². The maximum absolute atomic E-state index is 14.8. The van der Waals surface area contributed by atoms with Crippen LogP contribution in [0.1, 0.15) is 54.9 Å². The van der Waals surface area contributed by atoms with E-state index in [-0.39, 0.29) is 22.6 Å². The van der Waals surface area contributed by atoms with Crippen LogP contribution in [0.4, 0.5) is 4.39 Å². The van der Waals surface area contributed by atoms with E-state index in [4.69, 9.17) is 4.74 Å². The van der Waals surface area contributed by atoms with E-state index in [9.17, 15) is 19.1 Å². The van der Waals surface area contributed by atoms with Crippen LogP contribution in [-0.4, -0.2) is 28.9 Å². The number of rotatable bonds is 6. The molecule has 28 heavy (non-hydrogen) atoms. The van der Waals surface area contributed by atoms with Crippen molar-refractivity contribution in [2.45, 2.75) is 45.6 Å². The molecule has 1 unspecified atom stereocenters. The zero-order chi connectivity index (χ0) is 20.3. The lowest BCUT2D eigenvalue weighted by Gasteiger charge is -2.23. The standard InChI is InChI=1S/C22H26FNO4/c1-3-14(2)16-4-5-17(20(23)10-16)18-12-24(11-15-6-8-28-9-7-15)13-19(21(18)25)22(26)27/h4-5,10,12-15H,3,6-9,11H2,1-2H3,(H,26,27). The third-order valence-electron chi connectivity index (χ3n) is 5.58. The second kappa shape index (κ2) is 8.69. The Morgan fingerprint density at radius 3 is 2.61 bits per heavy atom. The first-order chi connectivity index (χ1) is 13.4. The minimum absolute atomic E-state index is 0.0835. The summed E-state index contributed by atoms with van der Waals surface area (Å²) in [5.74, 6) is -1.26. The maximum atomic E-state index is 14.8. The lowest BCUT2D eigenvalue weighted by molar-refractivity contribution is 0.0609. The average Bonchev–Trinajstić information content (AvgIpc) is 2.69. The van der Waals surface area contributed by atoms with Crippen LogP contribution >= 0.6 is 0 Å². The van der Waals surface area contributed by atoms with Gasteiger partial charge in [-0.3, -0.25) is 4.79 Å². The first-order valence-corrected chi connectivity index (χ1v) is 9.75. The normalized spacial score (nSPS) is 16.1. The van der Waals surface area contributed by atoms with Crippen molar-refractivity contribution in [2.75, 3.05) is 13.2 Å². The largest absolute Gasteiger partial charge is 0.477 e. The number of aromatic nitrogens is 1. The van der Waals surface area contributed by atoms with Crippen molar-refractivity contribution in [1.29, 1.82) is 0 Å². The molecule has 1 aromatic heterocycles. The van der Waals surface area contributed by atoms with Crippen LogP contribution in [0.3, 0.4) is 0 Å². The molecule has 1 aliphatic heterocycles. The Kier molecular flexibility index (Phi) is 6.29. The number of hydrogen-bond acceptors (Lipinski definition) is 3. The van der Waals surface area contributed by atoms with E-state index in [0.29, 0.717) is 25.7 Å². The van der Waals surface area contributed by atoms with E-state index >= 15 is 0 Å². The summed E-state index contributed by atoms with van der Waals surface area (Å²) in [6.45, 7) is 5.97. The van der Waals surface area contributed by atoms with Crippen LogP contribution in [0.25, 0.3) is 11.1 Å². The molecule has 150 valence electrons. The second-order valence-corrected chi connectivity index (χ2v) is 7.52. The smallest absolute Gasteiger partial charge is 0.341 e. The summed E-state index contributed by atoms with van der Waals surface area (Å²) in [4.78, 5) is 24.3. The van der Waals surface area contributed by atoms with Gasteiger partial charge in [-0.25, -0.2) is 9.18 Å². The predicted octanol–water partition coefficient (Wildman–Crippen LogP) is 4.29. The third kappa shape index (κ3) is 4.33. The molecule has 1 aliphatic rings. The molecule has 2 aromatic rings. The van der Waals surface area contributed by atoms with Crippen molar-refractivity contribution in [2.24, 2.45) is 5.92 Å². The number of aromatic carboxylic acids is 1. The summed E-state index contributed by atoms with van der Waals surface area (Å²) in [7, 11) is 0. The van der Waals surface area contributed by atoms with Gasteiger partial charge in [-0.05, 0) is 42.7 Å². The third-order valence-corrected chi connectivity index (χ3v) is 5.58. The molecule has 0 bridgehead atoms. The summed E-state index contributed by atoms with van der Waals surface area (Å²) < 4.78 is 21.9. The molecular weight excluding hydrogens is 361 g/mol. The predicted molar refractivity (Wildman–Crippen MR) is 105 cm³/mol. The first kappa shape index (κ1) is 20.3. The van der Waals surface area contributed by atoms with Gasteiger partial charge in [0, 0.05) is 43.3 Å². The van der Waals surface area contributed by atoms with Crippen molar-refractivity contribution in [3.63, 3.8) is 0 Å². The van der Waals surface area contributed by atoms with E-state index < -0.39 is 17.2 Å². The molecule has 0 amide bonds. The fourth-order valence-corrected chi connectivity index (χ4v) is 3.60. The van der Waals surface area contributed by atoms with Gasteiger partial charge in [0.1, 0.15) is 11.4 Å². The summed E-state index contributed by atoms with van der Waals surface area (Å²) in [6.07, 6.45) is 5.56. The summed E-state index contributed by atoms with van der Waals surface area (Å²) in [5.41, 5.74) is 0.0857. The van der Waals surface area contributed by atoms with Crippen molar-refractivity contribution >= 4 is 5.97 Å². The number of benzene rings is 1. The molecule has 1 atom stereocenters. The van der Waals surface area contributed by atoms with Gasteiger partial charge in [-0.15, -0.1) is 0 Å². The number of hydrogen-bond donors (Lipinski definition) is 1. The van der Waals surface area contributed by atoms with E-state index in [0.717, 1.165) is 24.8 Å². The quantitative estimate of drug-likeness (QED) is 0.803.